The minimum atomic E-state index is 0.0770. The number of rotatable bonds is 5. The van der Waals surface area contributed by atoms with E-state index in [9.17, 15) is 4.79 Å². The van der Waals surface area contributed by atoms with Crippen LogP contribution in [0.4, 0.5) is 0 Å². The van der Waals surface area contributed by atoms with Crippen molar-refractivity contribution in [1.82, 2.24) is 14.8 Å². The van der Waals surface area contributed by atoms with Crippen molar-refractivity contribution in [1.29, 1.82) is 0 Å². The first-order chi connectivity index (χ1) is 8.76. The van der Waals surface area contributed by atoms with Gasteiger partial charge in [-0.1, -0.05) is 6.92 Å². The molecule has 0 saturated heterocycles. The lowest BCUT2D eigenvalue weighted by atomic mass is 10.1. The van der Waals surface area contributed by atoms with Crippen LogP contribution in [0.1, 0.15) is 28.9 Å². The monoisotopic (exact) mass is 245 g/mol. The molecule has 0 aliphatic carbocycles. The highest BCUT2D eigenvalue weighted by Crippen LogP contribution is 2.19. The second-order valence-electron chi connectivity index (χ2n) is 4.10. The zero-order valence-electron chi connectivity index (χ0n) is 10.4. The molecule has 0 radical (unpaired) electrons. The summed E-state index contributed by atoms with van der Waals surface area (Å²) in [6.07, 6.45) is 5.93. The number of ether oxygens (including phenoxy) is 1. The molecule has 0 bridgehead atoms. The van der Waals surface area contributed by atoms with Crippen molar-refractivity contribution >= 4 is 6.29 Å². The number of nitrogens with zero attached hydrogens (tertiary/aromatic N) is 3. The number of aldehydes is 1. The Kier molecular flexibility index (Phi) is 3.84. The van der Waals surface area contributed by atoms with Crippen LogP contribution in [-0.2, 0) is 4.74 Å². The van der Waals surface area contributed by atoms with Crippen LogP contribution in [-0.4, -0.2) is 34.8 Å². The van der Waals surface area contributed by atoms with E-state index in [1.165, 1.54) is 0 Å². The van der Waals surface area contributed by atoms with E-state index in [0.29, 0.717) is 12.2 Å². The molecular weight excluding hydrogens is 230 g/mol. The number of carbonyl (C=O) groups excluding carboxylic acids is 1. The van der Waals surface area contributed by atoms with Crippen molar-refractivity contribution in [2.24, 2.45) is 0 Å². The molecule has 5 nitrogen and oxygen atoms in total. The lowest BCUT2D eigenvalue weighted by Crippen LogP contribution is -2.05. The Balaban J connectivity index is 2.38. The molecule has 2 aromatic heterocycles. The molecule has 0 aliphatic rings. The molecule has 0 fully saturated rings. The summed E-state index contributed by atoms with van der Waals surface area (Å²) in [7, 11) is 1.63. The molecular formula is C13H15N3O2. The molecule has 0 N–H and O–H groups in total. The topological polar surface area (TPSA) is 57.0 Å². The Morgan fingerprint density at radius 1 is 1.56 bits per heavy atom. The third-order valence-electron chi connectivity index (χ3n) is 2.69. The van der Waals surface area contributed by atoms with Crippen LogP contribution < -0.4 is 0 Å². The SMILES string of the molecule is COCC(C)c1nn(-c2cccnc2)cc1C=O. The predicted molar refractivity (Wildman–Crippen MR) is 67.0 cm³/mol. The first-order valence-electron chi connectivity index (χ1n) is 5.70. The van der Waals surface area contributed by atoms with E-state index in [-0.39, 0.29) is 5.92 Å². The molecule has 0 saturated carbocycles. The summed E-state index contributed by atoms with van der Waals surface area (Å²) in [5.41, 5.74) is 2.16. The predicted octanol–water partition coefficient (Wildman–Crippen LogP) is 1.83. The molecule has 1 unspecified atom stereocenters. The highest BCUT2D eigenvalue weighted by Gasteiger charge is 2.15. The minimum absolute atomic E-state index is 0.0770. The van der Waals surface area contributed by atoms with Crippen molar-refractivity contribution in [2.45, 2.75) is 12.8 Å². The molecule has 2 aromatic rings. The van der Waals surface area contributed by atoms with Gasteiger partial charge in [-0.25, -0.2) is 4.68 Å². The fourth-order valence-corrected chi connectivity index (χ4v) is 1.82. The van der Waals surface area contributed by atoms with Crippen molar-refractivity contribution in [3.05, 3.63) is 42.0 Å². The molecule has 0 aliphatic heterocycles. The fourth-order valence-electron chi connectivity index (χ4n) is 1.82. The lowest BCUT2D eigenvalue weighted by molar-refractivity contribution is 0.112. The standard InChI is InChI=1S/C13H15N3O2/c1-10(9-18-2)13-11(8-17)7-16(15-13)12-4-3-5-14-6-12/h3-8,10H,9H2,1-2H3. The zero-order valence-corrected chi connectivity index (χ0v) is 10.4. The molecule has 2 rings (SSSR count). The quantitative estimate of drug-likeness (QED) is 0.754. The molecule has 0 aromatic carbocycles. The minimum Gasteiger partial charge on any atom is -0.384 e. The Bertz CT molecular complexity index is 522. The molecule has 0 spiro atoms. The summed E-state index contributed by atoms with van der Waals surface area (Å²) >= 11 is 0. The van der Waals surface area contributed by atoms with Gasteiger partial charge in [0.25, 0.3) is 0 Å². The van der Waals surface area contributed by atoms with Crippen LogP contribution in [0.2, 0.25) is 0 Å². The maximum Gasteiger partial charge on any atom is 0.153 e. The van der Waals surface area contributed by atoms with Crippen molar-refractivity contribution < 1.29 is 9.53 Å². The highest BCUT2D eigenvalue weighted by atomic mass is 16.5. The van der Waals surface area contributed by atoms with E-state index >= 15 is 0 Å². The average Bonchev–Trinajstić information content (AvgIpc) is 2.84. The van der Waals surface area contributed by atoms with Gasteiger partial charge in [0, 0.05) is 25.4 Å². The van der Waals surface area contributed by atoms with Crippen LogP contribution in [0.3, 0.4) is 0 Å². The molecule has 2 heterocycles. The Morgan fingerprint density at radius 3 is 3.00 bits per heavy atom. The molecule has 94 valence electrons. The van der Waals surface area contributed by atoms with Crippen molar-refractivity contribution in [3.63, 3.8) is 0 Å². The van der Waals surface area contributed by atoms with Gasteiger partial charge < -0.3 is 4.74 Å². The van der Waals surface area contributed by atoms with Gasteiger partial charge in [-0.05, 0) is 12.1 Å². The second kappa shape index (κ2) is 5.55. The lowest BCUT2D eigenvalue weighted by Gasteiger charge is -2.07. The number of methoxy groups -OCH3 is 1. The number of aromatic nitrogens is 3. The summed E-state index contributed by atoms with van der Waals surface area (Å²) in [6.45, 7) is 2.51. The van der Waals surface area contributed by atoms with Gasteiger partial charge in [0.2, 0.25) is 0 Å². The van der Waals surface area contributed by atoms with Crippen molar-refractivity contribution in [2.75, 3.05) is 13.7 Å². The van der Waals surface area contributed by atoms with E-state index in [1.807, 2.05) is 19.1 Å². The molecule has 0 amide bonds. The molecule has 5 heteroatoms. The Hall–Kier alpha value is -2.01. The summed E-state index contributed by atoms with van der Waals surface area (Å²) in [6, 6.07) is 3.72. The van der Waals surface area contributed by atoms with Crippen LogP contribution in [0.5, 0.6) is 0 Å². The largest absolute Gasteiger partial charge is 0.384 e. The third-order valence-corrected chi connectivity index (χ3v) is 2.69. The third kappa shape index (κ3) is 2.46. The zero-order chi connectivity index (χ0) is 13.0. The highest BCUT2D eigenvalue weighted by molar-refractivity contribution is 5.76. The normalized spacial score (nSPS) is 12.3. The summed E-state index contributed by atoms with van der Waals surface area (Å²) < 4.78 is 6.76. The number of hydrogen-bond acceptors (Lipinski definition) is 4. The van der Waals surface area contributed by atoms with Gasteiger partial charge in [-0.15, -0.1) is 0 Å². The van der Waals surface area contributed by atoms with Gasteiger partial charge in [0.1, 0.15) is 0 Å². The number of hydrogen-bond donors (Lipinski definition) is 0. The summed E-state index contributed by atoms with van der Waals surface area (Å²) in [5, 5.41) is 4.44. The van der Waals surface area contributed by atoms with E-state index in [0.717, 1.165) is 17.7 Å². The Labute approximate surface area is 105 Å². The molecule has 1 atom stereocenters. The van der Waals surface area contributed by atoms with E-state index in [2.05, 4.69) is 10.1 Å². The summed E-state index contributed by atoms with van der Waals surface area (Å²) in [4.78, 5) is 15.1. The Morgan fingerprint density at radius 2 is 2.39 bits per heavy atom. The number of carbonyl (C=O) groups is 1. The van der Waals surface area contributed by atoms with Gasteiger partial charge in [-0.2, -0.15) is 5.10 Å². The average molecular weight is 245 g/mol. The van der Waals surface area contributed by atoms with Crippen LogP contribution in [0.15, 0.2) is 30.7 Å². The molecule has 18 heavy (non-hydrogen) atoms. The summed E-state index contributed by atoms with van der Waals surface area (Å²) in [5.74, 6) is 0.0770. The maximum atomic E-state index is 11.1. The van der Waals surface area contributed by atoms with Gasteiger partial charge in [-0.3, -0.25) is 9.78 Å². The van der Waals surface area contributed by atoms with Crippen molar-refractivity contribution in [3.8, 4) is 5.69 Å². The van der Waals surface area contributed by atoms with Crippen LogP contribution in [0, 0.1) is 0 Å². The van der Waals surface area contributed by atoms with Crippen LogP contribution in [0.25, 0.3) is 5.69 Å². The number of pyridine rings is 1. The van der Waals surface area contributed by atoms with Gasteiger partial charge >= 0.3 is 0 Å². The first-order valence-corrected chi connectivity index (χ1v) is 5.70. The van der Waals surface area contributed by atoms with Crippen LogP contribution >= 0.6 is 0 Å². The first kappa shape index (κ1) is 12.4. The maximum absolute atomic E-state index is 11.1. The smallest absolute Gasteiger partial charge is 0.153 e. The van der Waals surface area contributed by atoms with E-state index < -0.39 is 0 Å². The fraction of sp³-hybridized carbons (Fsp3) is 0.308. The second-order valence-corrected chi connectivity index (χ2v) is 4.10. The van der Waals surface area contributed by atoms with E-state index in [1.54, 1.807) is 30.4 Å². The van der Waals surface area contributed by atoms with Gasteiger partial charge in [0.15, 0.2) is 6.29 Å². The van der Waals surface area contributed by atoms with Gasteiger partial charge in [0.05, 0.1) is 29.7 Å². The van der Waals surface area contributed by atoms with E-state index in [4.69, 9.17) is 4.74 Å².